The van der Waals surface area contributed by atoms with Crippen LogP contribution in [-0.4, -0.2) is 26.2 Å². The van der Waals surface area contributed by atoms with E-state index in [4.69, 9.17) is 32.7 Å². The lowest BCUT2D eigenvalue weighted by Gasteiger charge is -2.07. The first kappa shape index (κ1) is 20.0. The van der Waals surface area contributed by atoms with Crippen LogP contribution < -0.4 is 5.32 Å². The van der Waals surface area contributed by atoms with Gasteiger partial charge in [0.15, 0.2) is 0 Å². The number of benzene rings is 1. The van der Waals surface area contributed by atoms with E-state index in [1.807, 2.05) is 13.0 Å². The maximum absolute atomic E-state index is 12.3. The fourth-order valence-electron chi connectivity index (χ4n) is 2.39. The Morgan fingerprint density at radius 1 is 1.25 bits per heavy atom. The minimum absolute atomic E-state index is 0.0964. The molecule has 144 valence electrons. The van der Waals surface area contributed by atoms with Crippen LogP contribution in [0.15, 0.2) is 41.0 Å². The van der Waals surface area contributed by atoms with Gasteiger partial charge >= 0.3 is 0 Å². The average molecular weight is 419 g/mol. The van der Waals surface area contributed by atoms with Crippen LogP contribution in [0.4, 0.5) is 5.69 Å². The number of rotatable bonds is 5. The van der Waals surface area contributed by atoms with Gasteiger partial charge < -0.3 is 14.8 Å². The second-order valence-corrected chi connectivity index (χ2v) is 6.81. The molecule has 0 radical (unpaired) electrons. The fraction of sp³-hybridized carbons (Fsp3) is 0.158. The molecule has 7 nitrogen and oxygen atoms in total. The predicted octanol–water partition coefficient (Wildman–Crippen LogP) is 4.28. The van der Waals surface area contributed by atoms with E-state index in [0.29, 0.717) is 32.6 Å². The molecular formula is C19H16Cl2N4O3. The molecule has 0 spiro atoms. The summed E-state index contributed by atoms with van der Waals surface area (Å²) >= 11 is 12.4. The van der Waals surface area contributed by atoms with E-state index in [0.717, 1.165) is 5.56 Å². The van der Waals surface area contributed by atoms with Crippen molar-refractivity contribution >= 4 is 40.4 Å². The number of aryl methyl sites for hydroxylation is 1. The summed E-state index contributed by atoms with van der Waals surface area (Å²) < 4.78 is 5.26. The summed E-state index contributed by atoms with van der Waals surface area (Å²) in [6.07, 6.45) is 2.91. The van der Waals surface area contributed by atoms with E-state index in [1.165, 1.54) is 12.3 Å². The van der Waals surface area contributed by atoms with Crippen LogP contribution in [0.25, 0.3) is 17.0 Å². The Balaban J connectivity index is 1.77. The Morgan fingerprint density at radius 3 is 2.68 bits per heavy atom. The number of hydrogen-bond donors (Lipinski definition) is 2. The first-order valence-electron chi connectivity index (χ1n) is 8.22. The molecule has 2 N–H and O–H groups in total. The van der Waals surface area contributed by atoms with Gasteiger partial charge in [-0.3, -0.25) is 9.78 Å². The van der Waals surface area contributed by atoms with Crippen LogP contribution in [0.2, 0.25) is 10.0 Å². The third-order valence-corrected chi connectivity index (χ3v) is 4.55. The minimum Gasteiger partial charge on any atom is -0.418 e. The van der Waals surface area contributed by atoms with Crippen molar-refractivity contribution in [3.8, 4) is 11.5 Å². The highest BCUT2D eigenvalue weighted by atomic mass is 35.5. The fourth-order valence-corrected chi connectivity index (χ4v) is 2.89. The number of aliphatic hydroxyl groups is 1. The van der Waals surface area contributed by atoms with Crippen LogP contribution in [0.5, 0.6) is 0 Å². The normalized spacial score (nSPS) is 11.5. The van der Waals surface area contributed by atoms with Gasteiger partial charge in [0.1, 0.15) is 6.61 Å². The van der Waals surface area contributed by atoms with Crippen molar-refractivity contribution in [2.24, 2.45) is 0 Å². The second kappa shape index (κ2) is 8.52. The largest absolute Gasteiger partial charge is 0.418 e. The van der Waals surface area contributed by atoms with Crippen molar-refractivity contribution in [3.63, 3.8) is 0 Å². The molecule has 1 aromatic carbocycles. The lowest BCUT2D eigenvalue weighted by Crippen LogP contribution is -2.09. The average Bonchev–Trinajstić information content (AvgIpc) is 3.13. The smallest absolute Gasteiger partial charge is 0.249 e. The number of amides is 1. The highest BCUT2D eigenvalue weighted by molar-refractivity contribution is 6.32. The summed E-state index contributed by atoms with van der Waals surface area (Å²) in [5.74, 6) is -0.0383. The number of pyridine rings is 1. The summed E-state index contributed by atoms with van der Waals surface area (Å²) in [5.41, 5.74) is 3.05. The summed E-state index contributed by atoms with van der Waals surface area (Å²) in [6.45, 7) is 3.26. The Labute approximate surface area is 171 Å². The highest BCUT2D eigenvalue weighted by Crippen LogP contribution is 2.27. The molecule has 1 amide bonds. The number of aliphatic hydroxyl groups excluding tert-OH is 1. The van der Waals surface area contributed by atoms with Crippen molar-refractivity contribution in [3.05, 3.63) is 63.7 Å². The number of hydrogen-bond acceptors (Lipinski definition) is 6. The molecule has 3 aromatic rings. The molecule has 3 rings (SSSR count). The molecule has 28 heavy (non-hydrogen) atoms. The molecule has 0 aliphatic rings. The van der Waals surface area contributed by atoms with Gasteiger partial charge in [-0.1, -0.05) is 29.3 Å². The molecule has 0 saturated heterocycles. The topological polar surface area (TPSA) is 101 Å². The van der Waals surface area contributed by atoms with Crippen LogP contribution in [0.3, 0.4) is 0 Å². The zero-order chi connectivity index (χ0) is 20.3. The molecule has 9 heteroatoms. The van der Waals surface area contributed by atoms with Crippen LogP contribution in [0.1, 0.15) is 24.1 Å². The molecule has 0 aliphatic heterocycles. The van der Waals surface area contributed by atoms with Gasteiger partial charge in [-0.15, -0.1) is 10.2 Å². The van der Waals surface area contributed by atoms with Crippen molar-refractivity contribution in [2.75, 3.05) is 5.32 Å². The summed E-state index contributed by atoms with van der Waals surface area (Å²) in [4.78, 5) is 16.6. The van der Waals surface area contributed by atoms with E-state index >= 15 is 0 Å². The third-order valence-electron chi connectivity index (χ3n) is 3.85. The number of nitrogens with one attached hydrogen (secondary N) is 1. The van der Waals surface area contributed by atoms with Crippen molar-refractivity contribution < 1.29 is 14.3 Å². The predicted molar refractivity (Wildman–Crippen MR) is 107 cm³/mol. The molecule has 2 aromatic heterocycles. The lowest BCUT2D eigenvalue weighted by atomic mass is 10.1. The number of nitrogens with zero attached hydrogens (tertiary/aromatic N) is 3. The Hall–Kier alpha value is -2.74. The van der Waals surface area contributed by atoms with Crippen LogP contribution >= 0.6 is 23.2 Å². The maximum Gasteiger partial charge on any atom is 0.249 e. The Morgan fingerprint density at radius 2 is 2.04 bits per heavy atom. The Kier molecular flexibility index (Phi) is 6.08. The van der Waals surface area contributed by atoms with Gasteiger partial charge in [-0.2, -0.15) is 0 Å². The zero-order valence-corrected chi connectivity index (χ0v) is 16.5. The summed E-state index contributed by atoms with van der Waals surface area (Å²) in [6, 6.07) is 6.88. The number of carbonyl (C=O) groups is 1. The van der Waals surface area contributed by atoms with Gasteiger partial charge in [-0.05, 0) is 43.2 Å². The minimum atomic E-state index is -0.352. The summed E-state index contributed by atoms with van der Waals surface area (Å²) in [7, 11) is 0. The van der Waals surface area contributed by atoms with Crippen LogP contribution in [0, 0.1) is 6.92 Å². The highest BCUT2D eigenvalue weighted by Gasteiger charge is 2.13. The van der Waals surface area contributed by atoms with Gasteiger partial charge in [0.25, 0.3) is 0 Å². The van der Waals surface area contributed by atoms with Crippen LogP contribution in [-0.2, 0) is 11.4 Å². The SMILES string of the molecule is C/C(=C\C(=O)Nc1ccc(C)c(Cl)c1)c1ncc(-c2nnc(CO)o2)cc1Cl. The standard InChI is InChI=1S/C19H16Cl2N4O3/c1-10-3-4-13(7-14(10)20)23-16(27)5-11(2)18-15(21)6-12(8-22-18)19-25-24-17(9-26)28-19/h3-8,26H,9H2,1-2H3,(H,23,27)/b11-5+. The van der Waals surface area contributed by atoms with E-state index in [9.17, 15) is 4.79 Å². The van der Waals surface area contributed by atoms with E-state index in [1.54, 1.807) is 25.1 Å². The maximum atomic E-state index is 12.3. The molecule has 0 atom stereocenters. The van der Waals surface area contributed by atoms with Gasteiger partial charge in [0.2, 0.25) is 17.7 Å². The van der Waals surface area contributed by atoms with Gasteiger partial charge in [-0.25, -0.2) is 0 Å². The van der Waals surface area contributed by atoms with Crippen molar-refractivity contribution in [2.45, 2.75) is 20.5 Å². The lowest BCUT2D eigenvalue weighted by molar-refractivity contribution is -0.111. The number of halogens is 2. The number of allylic oxidation sites excluding steroid dienone is 1. The monoisotopic (exact) mass is 418 g/mol. The van der Waals surface area contributed by atoms with Crippen molar-refractivity contribution in [1.29, 1.82) is 0 Å². The number of carbonyl (C=O) groups excluding carboxylic acids is 1. The van der Waals surface area contributed by atoms with Gasteiger partial charge in [0.05, 0.1) is 16.3 Å². The van der Waals surface area contributed by atoms with E-state index in [-0.39, 0.29) is 24.3 Å². The van der Waals surface area contributed by atoms with E-state index < -0.39 is 0 Å². The second-order valence-electron chi connectivity index (χ2n) is 5.99. The number of anilines is 1. The first-order valence-corrected chi connectivity index (χ1v) is 8.98. The van der Waals surface area contributed by atoms with Gasteiger partial charge in [0, 0.05) is 23.0 Å². The summed E-state index contributed by atoms with van der Waals surface area (Å²) in [5, 5.41) is 20.1. The molecule has 0 fully saturated rings. The molecule has 0 unspecified atom stereocenters. The molecule has 0 aliphatic carbocycles. The Bertz CT molecular complexity index is 1060. The molecule has 0 saturated carbocycles. The number of aromatic nitrogens is 3. The molecule has 0 bridgehead atoms. The zero-order valence-electron chi connectivity index (χ0n) is 15.0. The third kappa shape index (κ3) is 4.56. The van der Waals surface area contributed by atoms with Crippen molar-refractivity contribution in [1.82, 2.24) is 15.2 Å². The first-order chi connectivity index (χ1) is 13.4. The van der Waals surface area contributed by atoms with E-state index in [2.05, 4.69) is 20.5 Å². The molecular weight excluding hydrogens is 403 g/mol. The molecule has 2 heterocycles. The quantitative estimate of drug-likeness (QED) is 0.599.